The molecule has 7 heteroatoms. The Bertz CT molecular complexity index is 342. The zero-order valence-electron chi connectivity index (χ0n) is 9.62. The van der Waals surface area contributed by atoms with Gasteiger partial charge < -0.3 is 10.6 Å². The van der Waals surface area contributed by atoms with Gasteiger partial charge in [-0.25, -0.2) is 13.1 Å². The maximum Gasteiger partial charge on any atom is 0.236 e. The fourth-order valence-corrected chi connectivity index (χ4v) is 2.31. The number of hydrogen-bond donors (Lipinski definition) is 3. The number of rotatable bonds is 4. The first-order valence-corrected chi connectivity index (χ1v) is 7.04. The van der Waals surface area contributed by atoms with Crippen molar-refractivity contribution >= 4 is 15.9 Å². The highest BCUT2D eigenvalue weighted by Crippen LogP contribution is 2.07. The molecule has 6 nitrogen and oxygen atoms in total. The summed E-state index contributed by atoms with van der Waals surface area (Å²) in [5.41, 5.74) is 0. The number of hydrogen-bond acceptors (Lipinski definition) is 4. The van der Waals surface area contributed by atoms with E-state index >= 15 is 0 Å². The summed E-state index contributed by atoms with van der Waals surface area (Å²) in [5.74, 6) is -0.956. The van der Waals surface area contributed by atoms with E-state index in [4.69, 9.17) is 0 Å². The minimum atomic E-state index is -3.47. The van der Waals surface area contributed by atoms with Gasteiger partial charge in [-0.15, -0.1) is 0 Å². The summed E-state index contributed by atoms with van der Waals surface area (Å²) in [6.07, 6.45) is 1.88. The first kappa shape index (κ1) is 13.4. The summed E-state index contributed by atoms with van der Waals surface area (Å²) < 4.78 is 24.4. The van der Waals surface area contributed by atoms with Gasteiger partial charge in [0.25, 0.3) is 0 Å². The molecule has 0 saturated carbocycles. The Morgan fingerprint density at radius 1 is 1.50 bits per heavy atom. The maximum absolute atomic E-state index is 11.5. The Balaban J connectivity index is 2.45. The molecule has 0 radical (unpaired) electrons. The molecule has 1 heterocycles. The van der Waals surface area contributed by atoms with Crippen LogP contribution in [0.3, 0.4) is 0 Å². The fourth-order valence-electron chi connectivity index (χ4n) is 1.73. The van der Waals surface area contributed by atoms with E-state index in [1.165, 1.54) is 7.05 Å². The van der Waals surface area contributed by atoms with Crippen molar-refractivity contribution in [1.82, 2.24) is 15.4 Å². The van der Waals surface area contributed by atoms with Crippen LogP contribution in [0.4, 0.5) is 0 Å². The predicted octanol–water partition coefficient (Wildman–Crippen LogP) is -1.21. The molecule has 1 aliphatic rings. The number of carbonyl (C=O) groups is 1. The molecule has 0 spiro atoms. The fraction of sp³-hybridized carbons (Fsp3) is 0.889. The van der Waals surface area contributed by atoms with E-state index in [9.17, 15) is 13.2 Å². The van der Waals surface area contributed by atoms with Gasteiger partial charge in [0.05, 0.1) is 0 Å². The van der Waals surface area contributed by atoms with Crippen LogP contribution in [-0.4, -0.2) is 45.8 Å². The molecule has 1 saturated heterocycles. The van der Waals surface area contributed by atoms with Crippen LogP contribution in [0.5, 0.6) is 0 Å². The number of carbonyl (C=O) groups excluding carboxylic acids is 1. The van der Waals surface area contributed by atoms with Crippen LogP contribution in [0.15, 0.2) is 0 Å². The highest BCUT2D eigenvalue weighted by molar-refractivity contribution is 7.90. The second kappa shape index (κ2) is 5.60. The number of sulfonamides is 1. The van der Waals surface area contributed by atoms with Crippen molar-refractivity contribution in [2.45, 2.75) is 31.8 Å². The average Bonchev–Trinajstić information content (AvgIpc) is 2.21. The Labute approximate surface area is 96.2 Å². The van der Waals surface area contributed by atoms with Crippen molar-refractivity contribution in [3.8, 4) is 0 Å². The van der Waals surface area contributed by atoms with Crippen molar-refractivity contribution in [2.24, 2.45) is 0 Å². The van der Waals surface area contributed by atoms with Gasteiger partial charge >= 0.3 is 0 Å². The number of nitrogens with one attached hydrogen (secondary N) is 3. The minimum absolute atomic E-state index is 0.0216. The van der Waals surface area contributed by atoms with E-state index in [1.807, 2.05) is 6.92 Å². The van der Waals surface area contributed by atoms with Gasteiger partial charge in [0.2, 0.25) is 15.9 Å². The molecular formula is C9H19N3O3S. The second-order valence-corrected chi connectivity index (χ2v) is 5.95. The van der Waals surface area contributed by atoms with Gasteiger partial charge in [0.1, 0.15) is 5.75 Å². The Hall–Kier alpha value is -0.660. The van der Waals surface area contributed by atoms with Crippen molar-refractivity contribution in [3.05, 3.63) is 0 Å². The van der Waals surface area contributed by atoms with E-state index in [-0.39, 0.29) is 12.1 Å². The lowest BCUT2D eigenvalue weighted by atomic mass is 10.00. The monoisotopic (exact) mass is 249 g/mol. The molecule has 16 heavy (non-hydrogen) atoms. The van der Waals surface area contributed by atoms with Crippen LogP contribution in [0.1, 0.15) is 19.8 Å². The molecule has 0 aromatic rings. The lowest BCUT2D eigenvalue weighted by molar-refractivity contribution is -0.119. The third-order valence-electron chi connectivity index (χ3n) is 2.74. The van der Waals surface area contributed by atoms with Crippen molar-refractivity contribution in [3.63, 3.8) is 0 Å². The van der Waals surface area contributed by atoms with Gasteiger partial charge in [-0.3, -0.25) is 4.79 Å². The Morgan fingerprint density at radius 2 is 2.19 bits per heavy atom. The quantitative estimate of drug-likeness (QED) is 0.583. The SMILES string of the molecule is CNS(=O)(=O)CC(=O)NC1CCCNC1C. The van der Waals surface area contributed by atoms with Gasteiger partial charge in [-0.05, 0) is 33.4 Å². The second-order valence-electron chi connectivity index (χ2n) is 4.02. The first-order valence-electron chi connectivity index (χ1n) is 5.38. The van der Waals surface area contributed by atoms with Gasteiger partial charge in [0, 0.05) is 12.1 Å². The van der Waals surface area contributed by atoms with Crippen LogP contribution >= 0.6 is 0 Å². The molecule has 3 N–H and O–H groups in total. The van der Waals surface area contributed by atoms with E-state index in [1.54, 1.807) is 0 Å². The molecule has 0 aliphatic carbocycles. The zero-order chi connectivity index (χ0) is 12.2. The minimum Gasteiger partial charge on any atom is -0.351 e. The lowest BCUT2D eigenvalue weighted by Gasteiger charge is -2.30. The smallest absolute Gasteiger partial charge is 0.236 e. The van der Waals surface area contributed by atoms with Crippen LogP contribution in [0, 0.1) is 0 Å². The van der Waals surface area contributed by atoms with Gasteiger partial charge in [0.15, 0.2) is 0 Å². The van der Waals surface area contributed by atoms with Crippen LogP contribution in [-0.2, 0) is 14.8 Å². The lowest BCUT2D eigenvalue weighted by Crippen LogP contribution is -2.53. The summed E-state index contributed by atoms with van der Waals surface area (Å²) in [4.78, 5) is 11.5. The number of piperidine rings is 1. The molecule has 2 atom stereocenters. The molecule has 2 unspecified atom stereocenters. The van der Waals surface area contributed by atoms with Crippen molar-refractivity contribution in [2.75, 3.05) is 19.3 Å². The van der Waals surface area contributed by atoms with E-state index in [0.717, 1.165) is 19.4 Å². The summed E-state index contributed by atoms with van der Waals surface area (Å²) >= 11 is 0. The largest absolute Gasteiger partial charge is 0.351 e. The molecule has 0 bridgehead atoms. The van der Waals surface area contributed by atoms with E-state index in [0.29, 0.717) is 0 Å². The van der Waals surface area contributed by atoms with E-state index < -0.39 is 21.7 Å². The molecule has 1 fully saturated rings. The zero-order valence-corrected chi connectivity index (χ0v) is 10.4. The van der Waals surface area contributed by atoms with Gasteiger partial charge in [-0.2, -0.15) is 0 Å². The third kappa shape index (κ3) is 4.07. The highest BCUT2D eigenvalue weighted by atomic mass is 32.2. The van der Waals surface area contributed by atoms with Crippen molar-refractivity contribution in [1.29, 1.82) is 0 Å². The third-order valence-corrected chi connectivity index (χ3v) is 4.00. The van der Waals surface area contributed by atoms with E-state index in [2.05, 4.69) is 15.4 Å². The molecule has 1 aliphatic heterocycles. The van der Waals surface area contributed by atoms with Crippen molar-refractivity contribution < 1.29 is 13.2 Å². The maximum atomic E-state index is 11.5. The predicted molar refractivity (Wildman–Crippen MR) is 61.5 cm³/mol. The molecular weight excluding hydrogens is 230 g/mol. The molecule has 94 valence electrons. The first-order chi connectivity index (χ1) is 7.44. The molecule has 0 aromatic heterocycles. The summed E-state index contributed by atoms with van der Waals surface area (Å²) in [5, 5.41) is 5.97. The Morgan fingerprint density at radius 3 is 2.75 bits per heavy atom. The molecule has 1 amide bonds. The van der Waals surface area contributed by atoms with Crippen LogP contribution in [0.2, 0.25) is 0 Å². The summed E-state index contributed by atoms with van der Waals surface area (Å²) in [6.45, 7) is 2.93. The van der Waals surface area contributed by atoms with Gasteiger partial charge in [-0.1, -0.05) is 0 Å². The number of amides is 1. The summed E-state index contributed by atoms with van der Waals surface area (Å²) in [6, 6.07) is 0.211. The molecule has 0 aromatic carbocycles. The normalized spacial score (nSPS) is 26.4. The molecule has 1 rings (SSSR count). The standard InChI is InChI=1S/C9H19N3O3S/c1-7-8(4-3-5-11-7)12-9(13)6-16(14,15)10-2/h7-8,10-11H,3-6H2,1-2H3,(H,12,13). The Kier molecular flexibility index (Phi) is 4.69. The average molecular weight is 249 g/mol. The van der Waals surface area contributed by atoms with Crippen LogP contribution in [0.25, 0.3) is 0 Å². The summed E-state index contributed by atoms with van der Waals surface area (Å²) in [7, 11) is -2.17. The van der Waals surface area contributed by atoms with Crippen LogP contribution < -0.4 is 15.4 Å². The highest BCUT2D eigenvalue weighted by Gasteiger charge is 2.24. The topological polar surface area (TPSA) is 87.3 Å².